The van der Waals surface area contributed by atoms with Crippen LogP contribution in [0.5, 0.6) is 0 Å². The van der Waals surface area contributed by atoms with E-state index >= 15 is 0 Å². The van der Waals surface area contributed by atoms with E-state index in [0.29, 0.717) is 0 Å². The van der Waals surface area contributed by atoms with Crippen molar-refractivity contribution in [1.82, 2.24) is 0 Å². The first kappa shape index (κ1) is 21.7. The van der Waals surface area contributed by atoms with E-state index in [2.05, 4.69) is 62.5 Å². The van der Waals surface area contributed by atoms with Crippen molar-refractivity contribution in [3.63, 3.8) is 0 Å². The molecule has 0 fully saturated rings. The fourth-order valence-electron chi connectivity index (χ4n) is 3.87. The third-order valence-electron chi connectivity index (χ3n) is 5.05. The molecule has 0 bridgehead atoms. The van der Waals surface area contributed by atoms with Crippen LogP contribution in [0, 0.1) is 5.92 Å². The molecule has 3 aliphatic rings. The van der Waals surface area contributed by atoms with Crippen molar-refractivity contribution in [3.8, 4) is 0 Å². The number of fused-ring (bicyclic) bond motifs is 1. The predicted octanol–water partition coefficient (Wildman–Crippen LogP) is 7.07. The molecule has 1 radical (unpaired) electrons. The van der Waals surface area contributed by atoms with Crippen LogP contribution in [-0.4, -0.2) is 8.80 Å². The molecule has 27 heavy (non-hydrogen) atoms. The smallest absolute Gasteiger partial charge is 0.214 e. The molecule has 0 spiro atoms. The summed E-state index contributed by atoms with van der Waals surface area (Å²) in [6.45, 7) is 7.17. The van der Waals surface area contributed by atoms with Gasteiger partial charge in [-0.2, -0.15) is 18.2 Å². The molecule has 141 valence electrons. The predicted molar refractivity (Wildman–Crippen MR) is 116 cm³/mol. The minimum atomic E-state index is -0.407. The van der Waals surface area contributed by atoms with Crippen LogP contribution in [0.4, 0.5) is 0 Å². The minimum absolute atomic E-state index is 0. The largest absolute Gasteiger partial charge is 2.00 e. The second-order valence-corrected chi connectivity index (χ2v) is 9.73. The van der Waals surface area contributed by atoms with Gasteiger partial charge < -0.3 is 0 Å². The van der Waals surface area contributed by atoms with Crippen molar-refractivity contribution < 1.29 is 17.1 Å². The van der Waals surface area contributed by atoms with Crippen molar-refractivity contribution in [1.29, 1.82) is 0 Å². The van der Waals surface area contributed by atoms with Gasteiger partial charge >= 0.3 is 17.1 Å². The first-order valence-electron chi connectivity index (χ1n) is 9.76. The van der Waals surface area contributed by atoms with Gasteiger partial charge in [-0.1, -0.05) is 62.7 Å². The van der Waals surface area contributed by atoms with E-state index in [1.165, 1.54) is 36.8 Å². The summed E-state index contributed by atoms with van der Waals surface area (Å²) >= 11 is 0. The quantitative estimate of drug-likeness (QED) is 0.366. The Bertz CT molecular complexity index is 751. The van der Waals surface area contributed by atoms with Crippen LogP contribution in [0.3, 0.4) is 0 Å². The van der Waals surface area contributed by atoms with E-state index in [4.69, 9.17) is 0 Å². The SMILES string of the molecule is CCCCC1=C([Si](C)C)C2=CC=CC(=C3C=CC=C3)[C-]2C1.[Fe+2].c1cc[cH-]c1. The van der Waals surface area contributed by atoms with Gasteiger partial charge in [0.2, 0.25) is 0 Å². The van der Waals surface area contributed by atoms with Gasteiger partial charge in [0.15, 0.2) is 0 Å². The Hall–Kier alpha value is -1.60. The summed E-state index contributed by atoms with van der Waals surface area (Å²) in [5.74, 6) is 1.58. The van der Waals surface area contributed by atoms with E-state index in [-0.39, 0.29) is 17.1 Å². The number of hydrogen-bond acceptors (Lipinski definition) is 0. The van der Waals surface area contributed by atoms with Crippen LogP contribution in [0.25, 0.3) is 0 Å². The molecule has 0 N–H and O–H groups in total. The van der Waals surface area contributed by atoms with Crippen LogP contribution < -0.4 is 0 Å². The normalized spacial score (nSPS) is 17.2. The Labute approximate surface area is 177 Å². The molecule has 1 aromatic rings. The fourth-order valence-corrected chi connectivity index (χ4v) is 5.57. The van der Waals surface area contributed by atoms with Crippen molar-refractivity contribution in [2.45, 2.75) is 45.7 Å². The second-order valence-electron chi connectivity index (χ2n) is 7.23. The van der Waals surface area contributed by atoms with Crippen molar-refractivity contribution in [2.75, 3.05) is 0 Å². The first-order valence-corrected chi connectivity index (χ1v) is 12.3. The number of rotatable bonds is 4. The molecule has 0 nitrogen and oxygen atoms in total. The number of unbranched alkanes of at least 4 members (excludes halogenated alkanes) is 1. The zero-order valence-electron chi connectivity index (χ0n) is 16.6. The fraction of sp³-hybridized carbons (Fsp3) is 0.280. The average Bonchev–Trinajstić information content (AvgIpc) is 3.41. The summed E-state index contributed by atoms with van der Waals surface area (Å²) < 4.78 is 0. The molecule has 0 aromatic heterocycles. The Morgan fingerprint density at radius 2 is 1.74 bits per heavy atom. The van der Waals surface area contributed by atoms with Gasteiger partial charge in [0.25, 0.3) is 0 Å². The minimum Gasteiger partial charge on any atom is -0.214 e. The Morgan fingerprint density at radius 1 is 1.04 bits per heavy atom. The van der Waals surface area contributed by atoms with Gasteiger partial charge in [-0.15, -0.1) is 46.1 Å². The van der Waals surface area contributed by atoms with Gasteiger partial charge in [-0.25, -0.2) is 12.1 Å². The van der Waals surface area contributed by atoms with E-state index < -0.39 is 8.80 Å². The molecule has 0 amide bonds. The van der Waals surface area contributed by atoms with E-state index in [1.807, 2.05) is 30.3 Å². The maximum absolute atomic E-state index is 2.44. The Morgan fingerprint density at radius 3 is 2.30 bits per heavy atom. The van der Waals surface area contributed by atoms with Gasteiger partial charge in [0.05, 0.1) is 0 Å². The molecule has 0 saturated heterocycles. The van der Waals surface area contributed by atoms with Gasteiger partial charge in [-0.3, -0.25) is 0 Å². The molecule has 1 aromatic carbocycles. The molecule has 2 heteroatoms. The van der Waals surface area contributed by atoms with E-state index in [9.17, 15) is 0 Å². The molecule has 0 saturated carbocycles. The number of allylic oxidation sites excluding steroid dienone is 12. The van der Waals surface area contributed by atoms with Crippen molar-refractivity contribution >= 4 is 8.80 Å². The topological polar surface area (TPSA) is 0 Å². The molecule has 0 heterocycles. The second kappa shape index (κ2) is 10.7. The maximum Gasteiger partial charge on any atom is 2.00 e. The summed E-state index contributed by atoms with van der Waals surface area (Å²) in [5, 5.41) is 1.72. The number of hydrogen-bond donors (Lipinski definition) is 0. The Kier molecular flexibility index (Phi) is 8.56. The van der Waals surface area contributed by atoms with Gasteiger partial charge in [0, 0.05) is 8.80 Å². The van der Waals surface area contributed by atoms with E-state index in [0.717, 1.165) is 0 Å². The summed E-state index contributed by atoms with van der Waals surface area (Å²) in [6.07, 6.45) is 20.8. The summed E-state index contributed by atoms with van der Waals surface area (Å²) in [6, 6.07) is 10.0. The van der Waals surface area contributed by atoms with Crippen LogP contribution >= 0.6 is 0 Å². The molecule has 0 aliphatic heterocycles. The molecule has 3 aliphatic carbocycles. The van der Waals surface area contributed by atoms with Crippen LogP contribution in [-0.2, 0) is 17.1 Å². The van der Waals surface area contributed by atoms with Crippen LogP contribution in [0.15, 0.2) is 100 Å². The van der Waals surface area contributed by atoms with E-state index in [1.54, 1.807) is 22.3 Å². The monoisotopic (exact) mass is 413 g/mol. The molecular weight excluding hydrogens is 384 g/mol. The third-order valence-corrected chi connectivity index (χ3v) is 6.67. The van der Waals surface area contributed by atoms with Gasteiger partial charge in [0.1, 0.15) is 0 Å². The third kappa shape index (κ3) is 5.22. The zero-order chi connectivity index (χ0) is 18.4. The molecular formula is C25H29FeSi. The summed E-state index contributed by atoms with van der Waals surface area (Å²) in [4.78, 5) is 0. The van der Waals surface area contributed by atoms with Crippen LogP contribution in [0.1, 0.15) is 32.6 Å². The molecule has 4 rings (SSSR count). The van der Waals surface area contributed by atoms with Crippen molar-refractivity contribution in [3.05, 3.63) is 106 Å². The maximum atomic E-state index is 2.44. The zero-order valence-corrected chi connectivity index (χ0v) is 18.7. The molecule has 0 unspecified atom stereocenters. The average molecular weight is 413 g/mol. The van der Waals surface area contributed by atoms with Gasteiger partial charge in [-0.05, 0) is 12.8 Å². The Balaban J connectivity index is 0.000000379. The first-order chi connectivity index (χ1) is 12.7. The molecule has 0 atom stereocenters. The summed E-state index contributed by atoms with van der Waals surface area (Å²) in [5.41, 5.74) is 6.11. The standard InChI is InChI=1S/C20H24Si.C5H5.Fe/c1-4-5-9-16-14-19-17(15-10-6-7-11-15)12-8-13-18(19)20(16)21(2)3;1-2-4-5-3-1;/h6-8,10-13H,4-5,9,14H2,1-3H3;1-5H;/q2*-1;+2. The summed E-state index contributed by atoms with van der Waals surface area (Å²) in [7, 11) is -0.407. The van der Waals surface area contributed by atoms with Crippen molar-refractivity contribution in [2.24, 2.45) is 0 Å². The van der Waals surface area contributed by atoms with Crippen LogP contribution in [0.2, 0.25) is 13.1 Å².